The molecule has 0 radical (unpaired) electrons. The number of hydrogen-bond acceptors (Lipinski definition) is 4. The van der Waals surface area contributed by atoms with E-state index in [1.807, 2.05) is 0 Å². The number of ether oxygens (including phenoxy) is 2. The third kappa shape index (κ3) is 7.63. The van der Waals surface area contributed by atoms with E-state index in [1.165, 1.54) is 12.8 Å². The fourth-order valence-electron chi connectivity index (χ4n) is 2.03. The summed E-state index contributed by atoms with van der Waals surface area (Å²) in [5.74, 6) is 0.0821. The molecule has 0 bridgehead atoms. The van der Waals surface area contributed by atoms with Crippen molar-refractivity contribution in [1.82, 2.24) is 10.6 Å². The maximum absolute atomic E-state index is 11.3. The molecule has 0 aromatic heterocycles. The average Bonchev–Trinajstić information content (AvgIpc) is 2.87. The van der Waals surface area contributed by atoms with Crippen LogP contribution in [0.1, 0.15) is 32.1 Å². The Morgan fingerprint density at radius 3 is 3.00 bits per heavy atom. The predicted molar refractivity (Wildman–Crippen MR) is 70.6 cm³/mol. The fraction of sp³-hybridized carbons (Fsp3) is 0.923. The zero-order valence-electron chi connectivity index (χ0n) is 11.4. The van der Waals surface area contributed by atoms with Gasteiger partial charge in [-0.2, -0.15) is 0 Å². The Balaban J connectivity index is 1.81. The van der Waals surface area contributed by atoms with Gasteiger partial charge in [0.15, 0.2) is 0 Å². The van der Waals surface area contributed by atoms with Gasteiger partial charge in [-0.25, -0.2) is 0 Å². The molecule has 1 heterocycles. The first-order valence-electron chi connectivity index (χ1n) is 6.91. The van der Waals surface area contributed by atoms with Crippen LogP contribution in [0.25, 0.3) is 0 Å². The lowest BCUT2D eigenvalue weighted by Crippen LogP contribution is -2.30. The smallest absolute Gasteiger partial charge is 0.221 e. The molecule has 0 saturated carbocycles. The number of rotatable bonds is 10. The summed E-state index contributed by atoms with van der Waals surface area (Å²) in [6.45, 7) is 3.80. The lowest BCUT2D eigenvalue weighted by Gasteiger charge is -2.09. The summed E-state index contributed by atoms with van der Waals surface area (Å²) in [5.41, 5.74) is 0. The van der Waals surface area contributed by atoms with Crippen molar-refractivity contribution in [2.75, 3.05) is 40.0 Å². The number of nitrogens with one attached hydrogen (secondary N) is 2. The van der Waals surface area contributed by atoms with Crippen molar-refractivity contribution in [3.63, 3.8) is 0 Å². The van der Waals surface area contributed by atoms with Crippen LogP contribution in [0, 0.1) is 0 Å². The molecule has 5 nitrogen and oxygen atoms in total. The van der Waals surface area contributed by atoms with Crippen molar-refractivity contribution in [3.8, 4) is 0 Å². The molecule has 1 atom stereocenters. The number of amides is 1. The van der Waals surface area contributed by atoms with Crippen LogP contribution >= 0.6 is 0 Å². The molecule has 1 aliphatic rings. The molecule has 1 rings (SSSR count). The Morgan fingerprint density at radius 2 is 2.28 bits per heavy atom. The van der Waals surface area contributed by atoms with Crippen LogP contribution in [-0.4, -0.2) is 52.0 Å². The van der Waals surface area contributed by atoms with Gasteiger partial charge in [0.2, 0.25) is 5.91 Å². The summed E-state index contributed by atoms with van der Waals surface area (Å²) in [7, 11) is 1.63. The van der Waals surface area contributed by atoms with Crippen molar-refractivity contribution in [3.05, 3.63) is 0 Å². The van der Waals surface area contributed by atoms with Gasteiger partial charge in [0.1, 0.15) is 0 Å². The monoisotopic (exact) mass is 258 g/mol. The number of carbonyl (C=O) groups excluding carboxylic acids is 1. The van der Waals surface area contributed by atoms with Crippen molar-refractivity contribution in [2.24, 2.45) is 0 Å². The second-order valence-electron chi connectivity index (χ2n) is 4.62. The zero-order valence-corrected chi connectivity index (χ0v) is 11.4. The van der Waals surface area contributed by atoms with Crippen LogP contribution in [0.15, 0.2) is 0 Å². The molecule has 0 aromatic carbocycles. The van der Waals surface area contributed by atoms with E-state index >= 15 is 0 Å². The number of methoxy groups -OCH3 is 1. The molecule has 1 saturated heterocycles. The Kier molecular flexibility index (Phi) is 8.81. The van der Waals surface area contributed by atoms with Gasteiger partial charge in [0.05, 0.1) is 12.7 Å². The Labute approximate surface area is 110 Å². The Hall–Kier alpha value is -0.650. The SMILES string of the molecule is COCCNC(=O)CCNCCCC1CCCO1. The lowest BCUT2D eigenvalue weighted by molar-refractivity contribution is -0.121. The molecule has 1 unspecified atom stereocenters. The first kappa shape index (κ1) is 15.4. The topological polar surface area (TPSA) is 59.6 Å². The minimum absolute atomic E-state index is 0.0821. The number of hydrogen-bond donors (Lipinski definition) is 2. The van der Waals surface area contributed by atoms with E-state index in [0.717, 1.165) is 32.5 Å². The maximum Gasteiger partial charge on any atom is 0.221 e. The van der Waals surface area contributed by atoms with Crippen molar-refractivity contribution in [1.29, 1.82) is 0 Å². The summed E-state index contributed by atoms with van der Waals surface area (Å²) in [6.07, 6.45) is 5.68. The quantitative estimate of drug-likeness (QED) is 0.566. The molecular weight excluding hydrogens is 232 g/mol. The molecule has 18 heavy (non-hydrogen) atoms. The summed E-state index contributed by atoms with van der Waals surface area (Å²) < 4.78 is 10.4. The minimum atomic E-state index is 0.0821. The second kappa shape index (κ2) is 10.3. The lowest BCUT2D eigenvalue weighted by atomic mass is 10.1. The van der Waals surface area contributed by atoms with Crippen LogP contribution in [0.3, 0.4) is 0 Å². The van der Waals surface area contributed by atoms with Crippen LogP contribution in [0.4, 0.5) is 0 Å². The first-order chi connectivity index (χ1) is 8.83. The normalized spacial score (nSPS) is 19.1. The van der Waals surface area contributed by atoms with E-state index in [-0.39, 0.29) is 5.91 Å². The molecule has 1 aliphatic heterocycles. The third-order valence-corrected chi connectivity index (χ3v) is 3.06. The van der Waals surface area contributed by atoms with E-state index in [2.05, 4.69) is 10.6 Å². The highest BCUT2D eigenvalue weighted by Gasteiger charge is 2.14. The largest absolute Gasteiger partial charge is 0.383 e. The van der Waals surface area contributed by atoms with Gasteiger partial charge in [0, 0.05) is 33.2 Å². The van der Waals surface area contributed by atoms with Gasteiger partial charge in [-0.3, -0.25) is 4.79 Å². The highest BCUT2D eigenvalue weighted by Crippen LogP contribution is 2.16. The summed E-state index contributed by atoms with van der Waals surface area (Å²) >= 11 is 0. The van der Waals surface area contributed by atoms with Gasteiger partial charge >= 0.3 is 0 Å². The minimum Gasteiger partial charge on any atom is -0.383 e. The van der Waals surface area contributed by atoms with Gasteiger partial charge in [-0.05, 0) is 32.2 Å². The molecule has 1 fully saturated rings. The van der Waals surface area contributed by atoms with Crippen molar-refractivity contribution in [2.45, 2.75) is 38.2 Å². The second-order valence-corrected chi connectivity index (χ2v) is 4.62. The van der Waals surface area contributed by atoms with Gasteiger partial charge < -0.3 is 20.1 Å². The van der Waals surface area contributed by atoms with Gasteiger partial charge in [-0.15, -0.1) is 0 Å². The van der Waals surface area contributed by atoms with Crippen molar-refractivity contribution >= 4 is 5.91 Å². The van der Waals surface area contributed by atoms with E-state index < -0.39 is 0 Å². The fourth-order valence-corrected chi connectivity index (χ4v) is 2.03. The van der Waals surface area contributed by atoms with Gasteiger partial charge in [0.25, 0.3) is 0 Å². The highest BCUT2D eigenvalue weighted by molar-refractivity contribution is 5.75. The first-order valence-corrected chi connectivity index (χ1v) is 6.91. The molecule has 106 valence electrons. The summed E-state index contributed by atoms with van der Waals surface area (Å²) in [5, 5.41) is 6.08. The van der Waals surface area contributed by atoms with E-state index in [1.54, 1.807) is 7.11 Å². The van der Waals surface area contributed by atoms with Crippen LogP contribution in [0.5, 0.6) is 0 Å². The molecule has 0 spiro atoms. The standard InChI is InChI=1S/C13H26N2O3/c1-17-11-9-15-13(16)6-8-14-7-2-4-12-5-3-10-18-12/h12,14H,2-11H2,1H3,(H,15,16). The van der Waals surface area contributed by atoms with Gasteiger partial charge in [-0.1, -0.05) is 0 Å². The zero-order chi connectivity index (χ0) is 13.1. The predicted octanol–water partition coefficient (Wildman–Crippen LogP) is 0.688. The molecule has 0 aliphatic carbocycles. The molecule has 1 amide bonds. The van der Waals surface area contributed by atoms with Crippen molar-refractivity contribution < 1.29 is 14.3 Å². The molecular formula is C13H26N2O3. The Morgan fingerprint density at radius 1 is 1.39 bits per heavy atom. The van der Waals surface area contributed by atoms with Crippen LogP contribution in [0.2, 0.25) is 0 Å². The Bertz CT molecular complexity index is 218. The van der Waals surface area contributed by atoms with Crippen LogP contribution < -0.4 is 10.6 Å². The summed E-state index contributed by atoms with van der Waals surface area (Å²) in [4.78, 5) is 11.3. The molecule has 0 aromatic rings. The molecule has 2 N–H and O–H groups in total. The maximum atomic E-state index is 11.3. The molecule has 5 heteroatoms. The third-order valence-electron chi connectivity index (χ3n) is 3.06. The van der Waals surface area contributed by atoms with Crippen LogP contribution in [-0.2, 0) is 14.3 Å². The summed E-state index contributed by atoms with van der Waals surface area (Å²) in [6, 6.07) is 0. The van der Waals surface area contributed by atoms with E-state index in [4.69, 9.17) is 9.47 Å². The number of carbonyl (C=O) groups is 1. The average molecular weight is 258 g/mol. The van der Waals surface area contributed by atoms with E-state index in [9.17, 15) is 4.79 Å². The van der Waals surface area contributed by atoms with E-state index in [0.29, 0.717) is 25.7 Å². The highest BCUT2D eigenvalue weighted by atomic mass is 16.5.